The summed E-state index contributed by atoms with van der Waals surface area (Å²) in [5, 5.41) is 4.53. The molecule has 0 aliphatic rings. The second-order valence-corrected chi connectivity index (χ2v) is 4.55. The Morgan fingerprint density at radius 1 is 0.895 bits per heavy atom. The average molecular weight is 255 g/mol. The molecule has 4 heteroatoms. The van der Waals surface area contributed by atoms with Crippen LogP contribution in [-0.2, 0) is 0 Å². The summed E-state index contributed by atoms with van der Waals surface area (Å²) >= 11 is 0. The molecule has 0 radical (unpaired) electrons. The van der Waals surface area contributed by atoms with Crippen molar-refractivity contribution >= 4 is 0 Å². The molecule has 96 valence electrons. The third-order valence-electron chi connectivity index (χ3n) is 3.17. The minimum atomic E-state index is -0.242. The molecule has 0 aliphatic heterocycles. The van der Waals surface area contributed by atoms with Gasteiger partial charge in [-0.3, -0.25) is 0 Å². The van der Waals surface area contributed by atoms with Crippen LogP contribution in [0.4, 0.5) is 4.39 Å². The van der Waals surface area contributed by atoms with Gasteiger partial charge in [-0.05, 0) is 50.2 Å². The Hall–Kier alpha value is -2.36. The largest absolute Gasteiger partial charge is 0.302 e. The van der Waals surface area contributed by atoms with Crippen molar-refractivity contribution in [3.8, 4) is 11.5 Å². The molecule has 0 fully saturated rings. The van der Waals surface area contributed by atoms with E-state index in [4.69, 9.17) is 0 Å². The van der Waals surface area contributed by atoms with Gasteiger partial charge in [-0.2, -0.15) is 0 Å². The normalized spacial score (nSPS) is 10.9. The quantitative estimate of drug-likeness (QED) is 0.688. The molecule has 0 bridgehead atoms. The van der Waals surface area contributed by atoms with Crippen LogP contribution in [0.3, 0.4) is 0 Å². The number of nitrogens with zero attached hydrogens (tertiary/aromatic N) is 3. The van der Waals surface area contributed by atoms with Gasteiger partial charge in [0.15, 0.2) is 5.82 Å². The molecule has 3 rings (SSSR count). The number of hydrogen-bond donors (Lipinski definition) is 0. The highest BCUT2D eigenvalue weighted by molar-refractivity contribution is 5.35. The zero-order valence-corrected chi connectivity index (χ0v) is 10.8. The molecule has 2 aromatic heterocycles. The van der Waals surface area contributed by atoms with Gasteiger partial charge in [0.2, 0.25) is 0 Å². The van der Waals surface area contributed by atoms with Gasteiger partial charge in [0, 0.05) is 23.7 Å². The number of halogens is 1. The van der Waals surface area contributed by atoms with Crippen molar-refractivity contribution in [1.82, 2.24) is 14.3 Å². The van der Waals surface area contributed by atoms with Crippen LogP contribution in [0.2, 0.25) is 0 Å². The van der Waals surface area contributed by atoms with Crippen molar-refractivity contribution in [2.45, 2.75) is 13.8 Å². The SMILES string of the molecule is Cc1ccc(C)n1-c1ccn(-c2ccc(F)cc2)n1. The molecule has 0 aliphatic carbocycles. The lowest BCUT2D eigenvalue weighted by molar-refractivity contribution is 0.627. The second kappa shape index (κ2) is 4.39. The maximum atomic E-state index is 12.9. The molecular weight excluding hydrogens is 241 g/mol. The predicted octanol–water partition coefficient (Wildman–Crippen LogP) is 3.42. The Bertz CT molecular complexity index is 688. The van der Waals surface area contributed by atoms with Crippen LogP contribution >= 0.6 is 0 Å². The van der Waals surface area contributed by atoms with Crippen LogP contribution < -0.4 is 0 Å². The van der Waals surface area contributed by atoms with E-state index in [9.17, 15) is 4.39 Å². The van der Waals surface area contributed by atoms with E-state index in [1.807, 2.05) is 26.1 Å². The predicted molar refractivity (Wildman–Crippen MR) is 72.3 cm³/mol. The number of aryl methyl sites for hydroxylation is 2. The van der Waals surface area contributed by atoms with Gasteiger partial charge in [-0.15, -0.1) is 5.10 Å². The van der Waals surface area contributed by atoms with Gasteiger partial charge in [0.1, 0.15) is 5.82 Å². The highest BCUT2D eigenvalue weighted by Crippen LogP contribution is 2.16. The molecule has 3 aromatic rings. The third-order valence-corrected chi connectivity index (χ3v) is 3.17. The molecule has 3 nitrogen and oxygen atoms in total. The number of hydrogen-bond acceptors (Lipinski definition) is 1. The summed E-state index contributed by atoms with van der Waals surface area (Å²) < 4.78 is 16.7. The van der Waals surface area contributed by atoms with Crippen molar-refractivity contribution in [3.05, 3.63) is 65.9 Å². The lowest BCUT2D eigenvalue weighted by Crippen LogP contribution is -2.02. The second-order valence-electron chi connectivity index (χ2n) is 4.55. The summed E-state index contributed by atoms with van der Waals surface area (Å²) in [6, 6.07) is 12.4. The topological polar surface area (TPSA) is 22.8 Å². The summed E-state index contributed by atoms with van der Waals surface area (Å²) in [6.45, 7) is 4.09. The van der Waals surface area contributed by atoms with Gasteiger partial charge in [0.05, 0.1) is 5.69 Å². The smallest absolute Gasteiger partial charge is 0.159 e. The van der Waals surface area contributed by atoms with Crippen LogP contribution in [0.25, 0.3) is 11.5 Å². The van der Waals surface area contributed by atoms with Crippen LogP contribution in [0.1, 0.15) is 11.4 Å². The number of rotatable bonds is 2. The van der Waals surface area contributed by atoms with Crippen LogP contribution in [0, 0.1) is 19.7 Å². The van der Waals surface area contributed by atoms with E-state index >= 15 is 0 Å². The molecule has 0 atom stereocenters. The van der Waals surface area contributed by atoms with Gasteiger partial charge < -0.3 is 4.57 Å². The Morgan fingerprint density at radius 2 is 1.53 bits per heavy atom. The summed E-state index contributed by atoms with van der Waals surface area (Å²) in [7, 11) is 0. The fourth-order valence-electron chi connectivity index (χ4n) is 2.20. The lowest BCUT2D eigenvalue weighted by Gasteiger charge is -2.05. The van der Waals surface area contributed by atoms with E-state index in [-0.39, 0.29) is 5.82 Å². The molecule has 0 amide bonds. The third kappa shape index (κ3) is 2.05. The van der Waals surface area contributed by atoms with Crippen molar-refractivity contribution in [3.63, 3.8) is 0 Å². The van der Waals surface area contributed by atoms with Crippen LogP contribution in [0.15, 0.2) is 48.7 Å². The first kappa shape index (κ1) is 11.7. The fourth-order valence-corrected chi connectivity index (χ4v) is 2.20. The van der Waals surface area contributed by atoms with Gasteiger partial charge in [-0.25, -0.2) is 9.07 Å². The zero-order valence-electron chi connectivity index (χ0n) is 10.8. The lowest BCUT2D eigenvalue weighted by atomic mass is 10.3. The molecular formula is C15H14FN3. The van der Waals surface area contributed by atoms with Crippen molar-refractivity contribution in [2.75, 3.05) is 0 Å². The van der Waals surface area contributed by atoms with Crippen molar-refractivity contribution in [1.29, 1.82) is 0 Å². The summed E-state index contributed by atoms with van der Waals surface area (Å²) in [5.74, 6) is 0.623. The Labute approximate surface area is 110 Å². The fraction of sp³-hybridized carbons (Fsp3) is 0.133. The van der Waals surface area contributed by atoms with Crippen LogP contribution in [0.5, 0.6) is 0 Å². The van der Waals surface area contributed by atoms with Gasteiger partial charge in [0.25, 0.3) is 0 Å². The highest BCUT2D eigenvalue weighted by Gasteiger charge is 2.07. The molecule has 0 saturated carbocycles. The first-order chi connectivity index (χ1) is 9.15. The van der Waals surface area contributed by atoms with E-state index in [1.165, 1.54) is 12.1 Å². The van der Waals surface area contributed by atoms with E-state index in [2.05, 4.69) is 21.8 Å². The zero-order chi connectivity index (χ0) is 13.4. The first-order valence-electron chi connectivity index (χ1n) is 6.12. The van der Waals surface area contributed by atoms with Crippen molar-refractivity contribution < 1.29 is 4.39 Å². The molecule has 0 N–H and O–H groups in total. The number of benzene rings is 1. The standard InChI is InChI=1S/C15H14FN3/c1-11-3-4-12(2)19(11)15-9-10-18(17-15)14-7-5-13(16)6-8-14/h3-10H,1-2H3. The summed E-state index contributed by atoms with van der Waals surface area (Å²) in [6.07, 6.45) is 1.88. The van der Waals surface area contributed by atoms with Gasteiger partial charge >= 0.3 is 0 Å². The Balaban J connectivity index is 2.02. The minimum absolute atomic E-state index is 0.242. The van der Waals surface area contributed by atoms with Gasteiger partial charge in [-0.1, -0.05) is 0 Å². The maximum absolute atomic E-state index is 12.9. The van der Waals surface area contributed by atoms with E-state index in [0.29, 0.717) is 0 Å². The molecule has 0 spiro atoms. The van der Waals surface area contributed by atoms with E-state index in [1.54, 1.807) is 16.8 Å². The molecule has 2 heterocycles. The Morgan fingerprint density at radius 3 is 2.16 bits per heavy atom. The highest BCUT2D eigenvalue weighted by atomic mass is 19.1. The van der Waals surface area contributed by atoms with E-state index < -0.39 is 0 Å². The van der Waals surface area contributed by atoms with Crippen molar-refractivity contribution in [2.24, 2.45) is 0 Å². The monoisotopic (exact) mass is 255 g/mol. The molecule has 0 saturated heterocycles. The van der Waals surface area contributed by atoms with E-state index in [0.717, 1.165) is 22.9 Å². The van der Waals surface area contributed by atoms with Crippen LogP contribution in [-0.4, -0.2) is 14.3 Å². The number of aromatic nitrogens is 3. The first-order valence-corrected chi connectivity index (χ1v) is 6.12. The Kier molecular flexibility index (Phi) is 2.71. The average Bonchev–Trinajstić information content (AvgIpc) is 2.98. The molecule has 0 unspecified atom stereocenters. The molecule has 1 aromatic carbocycles. The minimum Gasteiger partial charge on any atom is -0.302 e. The summed E-state index contributed by atoms with van der Waals surface area (Å²) in [5.41, 5.74) is 3.12. The maximum Gasteiger partial charge on any atom is 0.159 e. The summed E-state index contributed by atoms with van der Waals surface area (Å²) in [4.78, 5) is 0. The molecule has 19 heavy (non-hydrogen) atoms.